The first-order valence-corrected chi connectivity index (χ1v) is 33.5. The average molecular weight is 1370 g/mol. The first-order chi connectivity index (χ1) is 44.3. The number of thioether (sulfide) groups is 1. The highest BCUT2D eigenvalue weighted by Gasteiger charge is 2.34. The molecule has 0 unspecified atom stereocenters. The number of aromatic amines is 3. The summed E-state index contributed by atoms with van der Waals surface area (Å²) in [5.41, 5.74) is 3.06. The Labute approximate surface area is 534 Å². The van der Waals surface area contributed by atoms with Crippen LogP contribution in [0.5, 0.6) is 0 Å². The van der Waals surface area contributed by atoms with Gasteiger partial charge in [0.2, 0.25) is 30.1 Å². The number of benzene rings is 9. The summed E-state index contributed by atoms with van der Waals surface area (Å²) in [4.78, 5) is 23.0. The lowest BCUT2D eigenvalue weighted by Gasteiger charge is -2.09. The van der Waals surface area contributed by atoms with Crippen molar-refractivity contribution < 1.29 is 69.2 Å². The van der Waals surface area contributed by atoms with Gasteiger partial charge in [-0.05, 0) is 149 Å². The van der Waals surface area contributed by atoms with E-state index in [1.807, 2.05) is 6.07 Å². The molecule has 0 amide bonds. The lowest BCUT2D eigenvalue weighted by atomic mass is 10.1. The Morgan fingerprint density at radius 3 is 1.16 bits per heavy atom. The predicted molar refractivity (Wildman–Crippen MR) is 337 cm³/mol. The van der Waals surface area contributed by atoms with Gasteiger partial charge in [0, 0.05) is 40.8 Å². The monoisotopic (exact) mass is 1370 g/mol. The molecule has 486 valence electrons. The maximum Gasteiger partial charge on any atom is 0.446 e. The molecule has 0 bridgehead atoms. The maximum absolute atomic E-state index is 13.8. The molecule has 0 fully saturated rings. The molecule has 0 aliphatic heterocycles. The Hall–Kier alpha value is -9.23. The molecule has 0 radical (unpaired) electrons. The normalized spacial score (nSPS) is 12.2. The second-order valence-electron chi connectivity index (χ2n) is 21.2. The van der Waals surface area contributed by atoms with E-state index in [-0.39, 0.29) is 56.2 Å². The zero-order chi connectivity index (χ0) is 67.5. The van der Waals surface area contributed by atoms with Crippen molar-refractivity contribution >= 4 is 74.9 Å². The fraction of sp³-hybridized carbons (Fsp3) is 0.123. The minimum Gasteiger partial charge on any atom is -0.342 e. The van der Waals surface area contributed by atoms with Crippen molar-refractivity contribution in [1.82, 2.24) is 29.9 Å². The third-order valence-corrected chi connectivity index (χ3v) is 18.3. The van der Waals surface area contributed by atoms with E-state index in [1.54, 1.807) is 115 Å². The van der Waals surface area contributed by atoms with Crippen molar-refractivity contribution in [3.05, 3.63) is 245 Å². The zero-order valence-corrected chi connectivity index (χ0v) is 51.8. The Kier molecular flexibility index (Phi) is 19.7. The van der Waals surface area contributed by atoms with Gasteiger partial charge in [-0.2, -0.15) is 26.3 Å². The summed E-state index contributed by atoms with van der Waals surface area (Å²) in [6.45, 7) is 0. The molecular weight excluding hydrogens is 1320 g/mol. The molecular formula is C65H51F10N9O6S4. The standard InChI is InChI=1S/C22H17F4N3O2S.C22H18F3N3O2S2.C21H16F3N3O2S/c23-17-8-5-13(11-16(17)22(24,25)26)6-10-21-28-18-9-7-14(12-19(18)29-21)15-3-1-2-4-20(15)32(27,30)31;23-22(24,25)31-16-9-5-14(6-10-16)7-12-21-27-18-11-8-15(13-19(18)28-21)17-3-1-2-4-20(17)32(26,29)30;22-15-8-5-12(20(23)21(15)24)7-10-19-26-16-9-6-13(11-17(16)27-19)14-3-1-2-4-18(14)30(25,28)29/h1-5,7-9,11-12H,6,10H2,(H,28,29)(H2,27,30,31);1-6,8-11,13H,7,12H2,(H,27,28)(H2,26,29,30);1-6,8-9,11H,7,10H2,(H,26,27)(H2,25,28,29). The van der Waals surface area contributed by atoms with E-state index >= 15 is 0 Å². The van der Waals surface area contributed by atoms with Gasteiger partial charge in [0.25, 0.3) is 0 Å². The molecule has 0 aliphatic carbocycles. The number of aromatic nitrogens is 6. The number of aryl methyl sites for hydroxylation is 6. The molecule has 3 heterocycles. The van der Waals surface area contributed by atoms with Crippen LogP contribution in [-0.2, 0) is 74.8 Å². The molecule has 3 aromatic heterocycles. The van der Waals surface area contributed by atoms with Gasteiger partial charge in [-0.15, -0.1) is 0 Å². The first kappa shape index (κ1) is 67.7. The van der Waals surface area contributed by atoms with Crippen LogP contribution in [0.3, 0.4) is 0 Å². The Morgan fingerprint density at radius 2 is 0.766 bits per heavy atom. The van der Waals surface area contributed by atoms with Crippen molar-refractivity contribution in [3.8, 4) is 33.4 Å². The molecule has 9 aromatic carbocycles. The van der Waals surface area contributed by atoms with E-state index in [0.717, 1.165) is 40.6 Å². The fourth-order valence-electron chi connectivity index (χ4n) is 10.2. The van der Waals surface area contributed by atoms with Crippen LogP contribution in [0.15, 0.2) is 202 Å². The van der Waals surface area contributed by atoms with Gasteiger partial charge in [0.15, 0.2) is 17.5 Å². The van der Waals surface area contributed by atoms with E-state index in [1.165, 1.54) is 42.5 Å². The number of hydrogen-bond donors (Lipinski definition) is 6. The summed E-state index contributed by atoms with van der Waals surface area (Å²) in [7, 11) is -11.7. The number of alkyl halides is 6. The largest absolute Gasteiger partial charge is 0.446 e. The number of nitrogens with two attached hydrogens (primary N) is 3. The van der Waals surface area contributed by atoms with Crippen molar-refractivity contribution in [2.75, 3.05) is 0 Å². The Balaban J connectivity index is 0.000000154. The number of rotatable bonds is 16. The van der Waals surface area contributed by atoms with E-state index in [0.29, 0.717) is 91.9 Å². The van der Waals surface area contributed by atoms with Crippen LogP contribution < -0.4 is 15.4 Å². The number of H-pyrrole nitrogens is 3. The van der Waals surface area contributed by atoms with Crippen LogP contribution in [0.25, 0.3) is 66.5 Å². The Morgan fingerprint density at radius 1 is 0.394 bits per heavy atom. The van der Waals surface area contributed by atoms with Crippen molar-refractivity contribution in [1.29, 1.82) is 0 Å². The molecule has 12 rings (SSSR count). The van der Waals surface area contributed by atoms with E-state index in [9.17, 15) is 69.2 Å². The van der Waals surface area contributed by atoms with Crippen LogP contribution in [0.1, 0.15) is 39.7 Å². The highest BCUT2D eigenvalue weighted by molar-refractivity contribution is 8.00. The van der Waals surface area contributed by atoms with Crippen LogP contribution in [0.2, 0.25) is 0 Å². The molecule has 29 heteroatoms. The summed E-state index contributed by atoms with van der Waals surface area (Å²) in [6, 6.07) is 46.3. The van der Waals surface area contributed by atoms with Crippen molar-refractivity contribution in [2.45, 2.75) is 69.8 Å². The molecule has 12 aromatic rings. The van der Waals surface area contributed by atoms with Gasteiger partial charge in [0.05, 0.1) is 53.4 Å². The van der Waals surface area contributed by atoms with Gasteiger partial charge < -0.3 is 15.0 Å². The number of primary sulfonamides is 3. The summed E-state index contributed by atoms with van der Waals surface area (Å²) < 4.78 is 201. The second kappa shape index (κ2) is 27.4. The van der Waals surface area contributed by atoms with Gasteiger partial charge in [-0.1, -0.05) is 97.1 Å². The number of imidazole rings is 3. The van der Waals surface area contributed by atoms with Crippen LogP contribution >= 0.6 is 11.8 Å². The SMILES string of the molecule is NS(=O)(=O)c1ccccc1-c1ccc2nc(CCc3ccc(F)c(C(F)(F)F)c3)[nH]c2c1.NS(=O)(=O)c1ccccc1-c1ccc2nc(CCc3ccc(F)c(F)c3F)[nH]c2c1.NS(=O)(=O)c1ccccc1-c1ccc2nc(CCc3ccc(SC(F)(F)F)cc3)[nH]c2c1. The third-order valence-electron chi connectivity index (χ3n) is 14.6. The molecule has 0 saturated heterocycles. The topological polar surface area (TPSA) is 267 Å². The zero-order valence-electron chi connectivity index (χ0n) is 48.5. The van der Waals surface area contributed by atoms with Gasteiger partial charge in [-0.25, -0.2) is 73.2 Å². The number of fused-ring (bicyclic) bond motifs is 3. The second-order valence-corrected chi connectivity index (χ2v) is 26.9. The summed E-state index contributed by atoms with van der Waals surface area (Å²) in [6.07, 6.45) is -2.64. The van der Waals surface area contributed by atoms with Crippen LogP contribution in [0.4, 0.5) is 43.9 Å². The van der Waals surface area contributed by atoms with Gasteiger partial charge in [-0.3, -0.25) is 0 Å². The van der Waals surface area contributed by atoms with Crippen molar-refractivity contribution in [3.63, 3.8) is 0 Å². The Bertz CT molecular complexity index is 5160. The fourth-order valence-corrected chi connectivity index (χ4v) is 13.1. The number of sulfonamides is 3. The number of nitrogens with zero attached hydrogens (tertiary/aromatic N) is 3. The lowest BCUT2D eigenvalue weighted by molar-refractivity contribution is -0.140. The highest BCUT2D eigenvalue weighted by Crippen LogP contribution is 2.38. The molecule has 0 atom stereocenters. The van der Waals surface area contributed by atoms with Crippen molar-refractivity contribution in [2.24, 2.45) is 15.4 Å². The molecule has 9 N–H and O–H groups in total. The lowest BCUT2D eigenvalue weighted by Crippen LogP contribution is -2.13. The third kappa shape index (κ3) is 16.6. The first-order valence-electron chi connectivity index (χ1n) is 28.0. The summed E-state index contributed by atoms with van der Waals surface area (Å²) >= 11 is -0.135. The summed E-state index contributed by atoms with van der Waals surface area (Å²) in [5.74, 6) is -3.43. The minimum atomic E-state index is -4.76. The smallest absolute Gasteiger partial charge is 0.342 e. The number of halogens is 10. The predicted octanol–water partition coefficient (Wildman–Crippen LogP) is 14.2. The van der Waals surface area contributed by atoms with Gasteiger partial charge in [0.1, 0.15) is 23.3 Å². The minimum absolute atomic E-state index is 0.00383. The van der Waals surface area contributed by atoms with E-state index in [2.05, 4.69) is 29.9 Å². The molecule has 94 heavy (non-hydrogen) atoms. The van der Waals surface area contributed by atoms with Crippen LogP contribution in [0, 0.1) is 23.3 Å². The van der Waals surface area contributed by atoms with E-state index in [4.69, 9.17) is 15.4 Å². The number of hydrogen-bond acceptors (Lipinski definition) is 10. The quantitative estimate of drug-likeness (QED) is 0.0302. The van der Waals surface area contributed by atoms with Gasteiger partial charge >= 0.3 is 11.7 Å². The van der Waals surface area contributed by atoms with Crippen LogP contribution in [-0.4, -0.2) is 60.7 Å². The number of nitrogens with one attached hydrogen (secondary N) is 3. The molecule has 0 saturated carbocycles. The molecule has 0 spiro atoms. The summed E-state index contributed by atoms with van der Waals surface area (Å²) in [5, 5.41) is 16.0. The maximum atomic E-state index is 13.8. The molecule has 15 nitrogen and oxygen atoms in total. The average Bonchev–Trinajstić information content (AvgIpc) is 1.41. The molecule has 0 aliphatic rings. The van der Waals surface area contributed by atoms with E-state index < -0.39 is 70.6 Å². The highest BCUT2D eigenvalue weighted by atomic mass is 32.2.